The van der Waals surface area contributed by atoms with E-state index in [0.29, 0.717) is 0 Å². The highest BCUT2D eigenvalue weighted by Gasteiger charge is 2.18. The van der Waals surface area contributed by atoms with Crippen molar-refractivity contribution in [2.75, 3.05) is 13.1 Å². The molecule has 98 valence electrons. The summed E-state index contributed by atoms with van der Waals surface area (Å²) in [5.74, 6) is 1.90. The molecular formula is C15H28N2. The molecule has 0 aliphatic heterocycles. The van der Waals surface area contributed by atoms with Gasteiger partial charge in [0.2, 0.25) is 0 Å². The third-order valence-electron chi connectivity index (χ3n) is 4.09. The van der Waals surface area contributed by atoms with Crippen LogP contribution in [0.3, 0.4) is 0 Å². The molecule has 1 fully saturated rings. The van der Waals surface area contributed by atoms with E-state index in [1.54, 1.807) is 0 Å². The fourth-order valence-corrected chi connectivity index (χ4v) is 2.51. The zero-order valence-corrected chi connectivity index (χ0v) is 11.8. The van der Waals surface area contributed by atoms with Gasteiger partial charge in [-0.1, -0.05) is 32.6 Å². The van der Waals surface area contributed by atoms with Gasteiger partial charge < -0.3 is 5.32 Å². The van der Waals surface area contributed by atoms with Crippen LogP contribution in [-0.4, -0.2) is 13.1 Å². The van der Waals surface area contributed by atoms with Crippen molar-refractivity contribution < 1.29 is 0 Å². The zero-order chi connectivity index (χ0) is 12.7. The molecule has 0 aromatic heterocycles. The van der Waals surface area contributed by atoms with Crippen LogP contribution in [0.2, 0.25) is 0 Å². The van der Waals surface area contributed by atoms with Crippen molar-refractivity contribution in [1.82, 2.24) is 5.32 Å². The monoisotopic (exact) mass is 236 g/mol. The van der Waals surface area contributed by atoms with Crippen LogP contribution in [0.4, 0.5) is 0 Å². The number of hydrogen-bond acceptors (Lipinski definition) is 2. The summed E-state index contributed by atoms with van der Waals surface area (Å²) in [6.45, 7) is 8.50. The van der Waals surface area contributed by atoms with Crippen LogP contribution in [0.1, 0.15) is 59.3 Å². The van der Waals surface area contributed by atoms with E-state index < -0.39 is 0 Å². The first kappa shape index (κ1) is 14.5. The molecule has 0 radical (unpaired) electrons. The molecule has 1 aliphatic carbocycles. The first-order chi connectivity index (χ1) is 8.03. The summed E-state index contributed by atoms with van der Waals surface area (Å²) in [4.78, 5) is 0. The second kappa shape index (κ2) is 7.01. The SMILES string of the molecule is CC1CCC(CCNCCC(C)(C)C#N)CC1. The highest BCUT2D eigenvalue weighted by atomic mass is 14.8. The molecular weight excluding hydrogens is 208 g/mol. The summed E-state index contributed by atoms with van der Waals surface area (Å²) < 4.78 is 0. The van der Waals surface area contributed by atoms with Gasteiger partial charge in [0.05, 0.1) is 11.5 Å². The highest BCUT2D eigenvalue weighted by Crippen LogP contribution is 2.29. The Kier molecular flexibility index (Phi) is 5.98. The van der Waals surface area contributed by atoms with Crippen LogP contribution < -0.4 is 5.32 Å². The maximum Gasteiger partial charge on any atom is 0.0684 e. The summed E-state index contributed by atoms with van der Waals surface area (Å²) in [5, 5.41) is 12.4. The standard InChI is InChI=1S/C15H28N2/c1-13-4-6-14(7-5-13)8-10-17-11-9-15(2,3)12-16/h13-14,17H,4-11H2,1-3H3. The van der Waals surface area contributed by atoms with Crippen LogP contribution >= 0.6 is 0 Å². The number of nitriles is 1. The fourth-order valence-electron chi connectivity index (χ4n) is 2.51. The van der Waals surface area contributed by atoms with Crippen LogP contribution in [-0.2, 0) is 0 Å². The summed E-state index contributed by atoms with van der Waals surface area (Å²) in [6.07, 6.45) is 7.96. The van der Waals surface area contributed by atoms with Gasteiger partial charge >= 0.3 is 0 Å². The van der Waals surface area contributed by atoms with Crippen LogP contribution in [0.5, 0.6) is 0 Å². The lowest BCUT2D eigenvalue weighted by atomic mass is 9.81. The average Bonchev–Trinajstić information content (AvgIpc) is 2.31. The Morgan fingerprint density at radius 2 is 1.82 bits per heavy atom. The maximum absolute atomic E-state index is 8.90. The van der Waals surface area contributed by atoms with E-state index in [-0.39, 0.29) is 5.41 Å². The van der Waals surface area contributed by atoms with Gasteiger partial charge in [-0.2, -0.15) is 5.26 Å². The van der Waals surface area contributed by atoms with Crippen molar-refractivity contribution in [2.24, 2.45) is 17.3 Å². The molecule has 0 aromatic rings. The van der Waals surface area contributed by atoms with Crippen molar-refractivity contribution >= 4 is 0 Å². The van der Waals surface area contributed by atoms with Gasteiger partial charge in [0, 0.05) is 0 Å². The molecule has 0 unspecified atom stereocenters. The molecule has 1 rings (SSSR count). The van der Waals surface area contributed by atoms with Gasteiger partial charge in [0.15, 0.2) is 0 Å². The molecule has 0 atom stereocenters. The minimum Gasteiger partial charge on any atom is -0.317 e. The molecule has 1 aliphatic rings. The predicted molar refractivity (Wildman–Crippen MR) is 72.6 cm³/mol. The lowest BCUT2D eigenvalue weighted by Crippen LogP contribution is -2.24. The molecule has 0 heterocycles. The Hall–Kier alpha value is -0.550. The molecule has 0 bridgehead atoms. The predicted octanol–water partition coefficient (Wildman–Crippen LogP) is 3.73. The topological polar surface area (TPSA) is 35.8 Å². The first-order valence-electron chi connectivity index (χ1n) is 7.15. The van der Waals surface area contributed by atoms with Gasteiger partial charge in [0.25, 0.3) is 0 Å². The van der Waals surface area contributed by atoms with Gasteiger partial charge in [-0.25, -0.2) is 0 Å². The fraction of sp³-hybridized carbons (Fsp3) is 0.933. The van der Waals surface area contributed by atoms with Crippen LogP contribution in [0, 0.1) is 28.6 Å². The number of nitrogens with zero attached hydrogens (tertiary/aromatic N) is 1. The lowest BCUT2D eigenvalue weighted by molar-refractivity contribution is 0.274. The van der Waals surface area contributed by atoms with Crippen molar-refractivity contribution in [2.45, 2.75) is 59.3 Å². The molecule has 2 heteroatoms. The maximum atomic E-state index is 8.90. The molecule has 0 aromatic carbocycles. The average molecular weight is 236 g/mol. The minimum atomic E-state index is -0.173. The third kappa shape index (κ3) is 6.07. The van der Waals surface area contributed by atoms with E-state index in [0.717, 1.165) is 31.3 Å². The molecule has 0 amide bonds. The third-order valence-corrected chi connectivity index (χ3v) is 4.09. The second-order valence-corrected chi connectivity index (χ2v) is 6.41. The van der Waals surface area contributed by atoms with Crippen LogP contribution in [0.25, 0.3) is 0 Å². The number of rotatable bonds is 6. The number of hydrogen-bond donors (Lipinski definition) is 1. The second-order valence-electron chi connectivity index (χ2n) is 6.41. The van der Waals surface area contributed by atoms with Crippen molar-refractivity contribution in [3.8, 4) is 6.07 Å². The Morgan fingerprint density at radius 3 is 2.41 bits per heavy atom. The highest BCUT2D eigenvalue weighted by molar-refractivity contribution is 4.91. The van der Waals surface area contributed by atoms with E-state index in [9.17, 15) is 0 Å². The normalized spacial score (nSPS) is 25.5. The van der Waals surface area contributed by atoms with Crippen molar-refractivity contribution in [3.63, 3.8) is 0 Å². The Balaban J connectivity index is 2.00. The quantitative estimate of drug-likeness (QED) is 0.713. The van der Waals surface area contributed by atoms with Gasteiger partial charge in [0.1, 0.15) is 0 Å². The van der Waals surface area contributed by atoms with E-state index in [1.165, 1.54) is 32.1 Å². The zero-order valence-electron chi connectivity index (χ0n) is 11.8. The first-order valence-corrected chi connectivity index (χ1v) is 7.15. The molecule has 0 saturated heterocycles. The van der Waals surface area contributed by atoms with Gasteiger partial charge in [-0.3, -0.25) is 0 Å². The summed E-state index contributed by atoms with van der Waals surface area (Å²) >= 11 is 0. The van der Waals surface area contributed by atoms with Crippen LogP contribution in [0.15, 0.2) is 0 Å². The molecule has 1 saturated carbocycles. The van der Waals surface area contributed by atoms with E-state index in [4.69, 9.17) is 5.26 Å². The summed E-state index contributed by atoms with van der Waals surface area (Å²) in [7, 11) is 0. The minimum absolute atomic E-state index is 0.173. The van der Waals surface area contributed by atoms with Crippen molar-refractivity contribution in [1.29, 1.82) is 5.26 Å². The van der Waals surface area contributed by atoms with E-state index >= 15 is 0 Å². The lowest BCUT2D eigenvalue weighted by Gasteiger charge is -2.26. The Morgan fingerprint density at radius 1 is 1.18 bits per heavy atom. The Labute approximate surface area is 107 Å². The summed E-state index contributed by atoms with van der Waals surface area (Å²) in [5.41, 5.74) is -0.173. The molecule has 2 nitrogen and oxygen atoms in total. The largest absolute Gasteiger partial charge is 0.317 e. The van der Waals surface area contributed by atoms with E-state index in [2.05, 4.69) is 18.3 Å². The number of nitrogens with one attached hydrogen (secondary N) is 1. The molecule has 17 heavy (non-hydrogen) atoms. The van der Waals surface area contributed by atoms with Gasteiger partial charge in [-0.05, 0) is 51.6 Å². The molecule has 1 N–H and O–H groups in total. The smallest absolute Gasteiger partial charge is 0.0684 e. The molecule has 0 spiro atoms. The van der Waals surface area contributed by atoms with Crippen molar-refractivity contribution in [3.05, 3.63) is 0 Å². The van der Waals surface area contributed by atoms with Gasteiger partial charge in [-0.15, -0.1) is 0 Å². The van der Waals surface area contributed by atoms with E-state index in [1.807, 2.05) is 13.8 Å². The Bertz CT molecular complexity index is 244. The summed E-state index contributed by atoms with van der Waals surface area (Å²) in [6, 6.07) is 2.35.